The van der Waals surface area contributed by atoms with Crippen molar-refractivity contribution in [2.75, 3.05) is 45.8 Å². The molecule has 134 valence electrons. The molecule has 0 aliphatic carbocycles. The lowest BCUT2D eigenvalue weighted by Crippen LogP contribution is -2.53. The van der Waals surface area contributed by atoms with E-state index in [1.807, 2.05) is 11.8 Å². The Morgan fingerprint density at radius 1 is 1.13 bits per heavy atom. The molecule has 7 heteroatoms. The monoisotopic (exact) mass is 346 g/mol. The second-order valence-electron chi connectivity index (χ2n) is 6.47. The molecule has 6 nitrogen and oxygen atoms in total. The minimum absolute atomic E-state index is 0. The standard InChI is InChI=1S/C16H30N4O2.ClH/c1-3-18-16(22)20-10-8-19(9-11-20)15(21)12-13(2)14-4-6-17-7-5-14;/h13-14,17H,3-12H2,1-2H3,(H,18,22);1H. The Balaban J connectivity index is 0.00000264. The van der Waals surface area contributed by atoms with E-state index in [2.05, 4.69) is 17.6 Å². The summed E-state index contributed by atoms with van der Waals surface area (Å²) in [6.07, 6.45) is 3.00. The number of nitrogens with zero attached hydrogens (tertiary/aromatic N) is 2. The molecule has 2 heterocycles. The number of amides is 3. The van der Waals surface area contributed by atoms with Crippen LogP contribution in [0, 0.1) is 11.8 Å². The van der Waals surface area contributed by atoms with Crippen LogP contribution in [-0.4, -0.2) is 67.6 Å². The molecule has 1 unspecified atom stereocenters. The normalized spacial score (nSPS) is 20.6. The van der Waals surface area contributed by atoms with Crippen LogP contribution < -0.4 is 10.6 Å². The van der Waals surface area contributed by atoms with Crippen LogP contribution in [0.3, 0.4) is 0 Å². The summed E-state index contributed by atoms with van der Waals surface area (Å²) in [5.74, 6) is 1.37. The zero-order valence-corrected chi connectivity index (χ0v) is 15.2. The molecule has 2 rings (SSSR count). The van der Waals surface area contributed by atoms with Crippen molar-refractivity contribution in [1.82, 2.24) is 20.4 Å². The summed E-state index contributed by atoms with van der Waals surface area (Å²) in [6.45, 7) is 9.52. The van der Waals surface area contributed by atoms with Crippen LogP contribution in [0.2, 0.25) is 0 Å². The Morgan fingerprint density at radius 2 is 1.70 bits per heavy atom. The highest BCUT2D eigenvalue weighted by Crippen LogP contribution is 2.25. The minimum Gasteiger partial charge on any atom is -0.339 e. The maximum atomic E-state index is 12.4. The minimum atomic E-state index is -0.0160. The Kier molecular flexibility index (Phi) is 8.69. The fraction of sp³-hybridized carbons (Fsp3) is 0.875. The van der Waals surface area contributed by atoms with Crippen molar-refractivity contribution in [3.05, 3.63) is 0 Å². The summed E-state index contributed by atoms with van der Waals surface area (Å²) >= 11 is 0. The molecule has 0 aromatic carbocycles. The lowest BCUT2D eigenvalue weighted by atomic mass is 9.84. The zero-order chi connectivity index (χ0) is 15.9. The Labute approximate surface area is 145 Å². The van der Waals surface area contributed by atoms with E-state index in [4.69, 9.17) is 0 Å². The molecule has 0 bridgehead atoms. The first kappa shape index (κ1) is 20.0. The highest BCUT2D eigenvalue weighted by molar-refractivity contribution is 5.85. The van der Waals surface area contributed by atoms with Crippen molar-refractivity contribution in [3.8, 4) is 0 Å². The smallest absolute Gasteiger partial charge is 0.317 e. The largest absolute Gasteiger partial charge is 0.339 e. The topological polar surface area (TPSA) is 64.7 Å². The van der Waals surface area contributed by atoms with Crippen LogP contribution >= 0.6 is 12.4 Å². The predicted octanol–water partition coefficient (Wildman–Crippen LogP) is 1.31. The van der Waals surface area contributed by atoms with E-state index in [1.54, 1.807) is 4.90 Å². The first-order chi connectivity index (χ1) is 10.6. The van der Waals surface area contributed by atoms with Gasteiger partial charge in [-0.05, 0) is 44.7 Å². The molecule has 2 fully saturated rings. The number of rotatable bonds is 4. The van der Waals surface area contributed by atoms with Crippen molar-refractivity contribution in [1.29, 1.82) is 0 Å². The molecule has 2 aliphatic heterocycles. The van der Waals surface area contributed by atoms with E-state index in [9.17, 15) is 9.59 Å². The summed E-state index contributed by atoms with van der Waals surface area (Å²) in [6, 6.07) is -0.0160. The van der Waals surface area contributed by atoms with Gasteiger partial charge in [0.25, 0.3) is 0 Å². The second kappa shape index (κ2) is 9.98. The molecule has 0 aromatic rings. The van der Waals surface area contributed by atoms with Gasteiger partial charge in [-0.25, -0.2) is 4.79 Å². The van der Waals surface area contributed by atoms with Gasteiger partial charge in [0.05, 0.1) is 0 Å². The third-order valence-electron chi connectivity index (χ3n) is 4.93. The molecule has 0 spiro atoms. The third kappa shape index (κ3) is 5.84. The average molecular weight is 347 g/mol. The first-order valence-corrected chi connectivity index (χ1v) is 8.63. The molecule has 0 saturated carbocycles. The van der Waals surface area contributed by atoms with Gasteiger partial charge in [0, 0.05) is 39.1 Å². The van der Waals surface area contributed by atoms with Gasteiger partial charge in [-0.1, -0.05) is 6.92 Å². The first-order valence-electron chi connectivity index (χ1n) is 8.63. The number of halogens is 1. The van der Waals surface area contributed by atoms with Gasteiger partial charge in [-0.2, -0.15) is 0 Å². The molecule has 1 atom stereocenters. The number of carbonyl (C=O) groups is 2. The molecule has 2 N–H and O–H groups in total. The van der Waals surface area contributed by atoms with Crippen LogP contribution in [0.15, 0.2) is 0 Å². The zero-order valence-electron chi connectivity index (χ0n) is 14.3. The van der Waals surface area contributed by atoms with Crippen molar-refractivity contribution in [2.45, 2.75) is 33.1 Å². The van der Waals surface area contributed by atoms with Crippen molar-refractivity contribution in [2.24, 2.45) is 11.8 Å². The number of hydrogen-bond acceptors (Lipinski definition) is 3. The summed E-state index contributed by atoms with van der Waals surface area (Å²) in [5, 5.41) is 6.19. The van der Waals surface area contributed by atoms with Gasteiger partial charge < -0.3 is 20.4 Å². The van der Waals surface area contributed by atoms with E-state index in [0.717, 1.165) is 13.1 Å². The number of piperazine rings is 1. The second-order valence-corrected chi connectivity index (χ2v) is 6.47. The van der Waals surface area contributed by atoms with Crippen LogP contribution in [0.4, 0.5) is 4.79 Å². The van der Waals surface area contributed by atoms with Crippen LogP contribution in [-0.2, 0) is 4.79 Å². The van der Waals surface area contributed by atoms with Crippen LogP contribution in [0.25, 0.3) is 0 Å². The Bertz CT molecular complexity index is 380. The van der Waals surface area contributed by atoms with Gasteiger partial charge in [0.15, 0.2) is 0 Å². The van der Waals surface area contributed by atoms with Crippen molar-refractivity contribution < 1.29 is 9.59 Å². The van der Waals surface area contributed by atoms with E-state index in [1.165, 1.54) is 12.8 Å². The predicted molar refractivity (Wildman–Crippen MR) is 93.8 cm³/mol. The Morgan fingerprint density at radius 3 is 2.26 bits per heavy atom. The Hall–Kier alpha value is -1.01. The molecule has 2 aliphatic rings. The van der Waals surface area contributed by atoms with Gasteiger partial charge in [-0.3, -0.25) is 4.79 Å². The van der Waals surface area contributed by atoms with Crippen molar-refractivity contribution in [3.63, 3.8) is 0 Å². The van der Waals surface area contributed by atoms with Crippen molar-refractivity contribution >= 4 is 24.3 Å². The molecule has 0 aromatic heterocycles. The summed E-state index contributed by atoms with van der Waals surface area (Å²) in [5.41, 5.74) is 0. The summed E-state index contributed by atoms with van der Waals surface area (Å²) in [7, 11) is 0. The highest BCUT2D eigenvalue weighted by atomic mass is 35.5. The third-order valence-corrected chi connectivity index (χ3v) is 4.93. The lowest BCUT2D eigenvalue weighted by Gasteiger charge is -2.36. The van der Waals surface area contributed by atoms with E-state index < -0.39 is 0 Å². The van der Waals surface area contributed by atoms with Crippen LogP contribution in [0.5, 0.6) is 0 Å². The molecule has 3 amide bonds. The fourth-order valence-electron chi connectivity index (χ4n) is 3.41. The van der Waals surface area contributed by atoms with E-state index in [-0.39, 0.29) is 24.3 Å². The number of nitrogens with one attached hydrogen (secondary N) is 2. The van der Waals surface area contributed by atoms with Gasteiger partial charge in [-0.15, -0.1) is 12.4 Å². The number of urea groups is 1. The van der Waals surface area contributed by atoms with Gasteiger partial charge in [0.1, 0.15) is 0 Å². The van der Waals surface area contributed by atoms with Crippen LogP contribution in [0.1, 0.15) is 33.1 Å². The molecular weight excluding hydrogens is 316 g/mol. The average Bonchev–Trinajstić information content (AvgIpc) is 2.56. The summed E-state index contributed by atoms with van der Waals surface area (Å²) in [4.78, 5) is 27.9. The van der Waals surface area contributed by atoms with E-state index >= 15 is 0 Å². The number of piperidine rings is 1. The quantitative estimate of drug-likeness (QED) is 0.806. The maximum Gasteiger partial charge on any atom is 0.317 e. The molecular formula is C16H31ClN4O2. The molecule has 2 saturated heterocycles. The lowest BCUT2D eigenvalue weighted by molar-refractivity contribution is -0.134. The maximum absolute atomic E-state index is 12.4. The summed E-state index contributed by atoms with van der Waals surface area (Å²) < 4.78 is 0. The molecule has 0 radical (unpaired) electrons. The number of hydrogen-bond donors (Lipinski definition) is 2. The SMILES string of the molecule is CCNC(=O)N1CCN(C(=O)CC(C)C2CCNCC2)CC1.Cl. The number of carbonyl (C=O) groups excluding carboxylic acids is 2. The van der Waals surface area contributed by atoms with E-state index in [0.29, 0.717) is 51.0 Å². The highest BCUT2D eigenvalue weighted by Gasteiger charge is 2.27. The molecule has 23 heavy (non-hydrogen) atoms. The van der Waals surface area contributed by atoms with Gasteiger partial charge >= 0.3 is 6.03 Å². The van der Waals surface area contributed by atoms with Gasteiger partial charge in [0.2, 0.25) is 5.91 Å². The fourth-order valence-corrected chi connectivity index (χ4v) is 3.41.